The lowest BCUT2D eigenvalue weighted by molar-refractivity contribution is 0.0706. The number of rotatable bonds is 4. The van der Waals surface area contributed by atoms with E-state index in [4.69, 9.17) is 4.74 Å². The standard InChI is InChI=1S/C12H16N2O2/c1-9(2)16-8-7-14-12(15)10-5-3-4-6-11(10)13-14/h3-6,9,13H,7-8H2,1-2H3. The molecule has 0 saturated carbocycles. The number of nitrogens with zero attached hydrogens (tertiary/aromatic N) is 1. The largest absolute Gasteiger partial charge is 0.377 e. The van der Waals surface area contributed by atoms with E-state index < -0.39 is 0 Å². The second-order valence-electron chi connectivity index (χ2n) is 4.03. The molecule has 1 aromatic heterocycles. The normalized spacial score (nSPS) is 11.4. The van der Waals surface area contributed by atoms with Crippen molar-refractivity contribution in [1.29, 1.82) is 0 Å². The van der Waals surface area contributed by atoms with Crippen LogP contribution in [0.5, 0.6) is 0 Å². The van der Waals surface area contributed by atoms with Crippen molar-refractivity contribution in [3.8, 4) is 0 Å². The Kier molecular flexibility index (Phi) is 3.10. The van der Waals surface area contributed by atoms with Crippen LogP contribution in [-0.4, -0.2) is 22.5 Å². The van der Waals surface area contributed by atoms with E-state index in [2.05, 4.69) is 5.10 Å². The minimum absolute atomic E-state index is 0.0166. The Bertz CT molecular complexity index is 525. The summed E-state index contributed by atoms with van der Waals surface area (Å²) in [4.78, 5) is 11.9. The van der Waals surface area contributed by atoms with Crippen molar-refractivity contribution in [3.63, 3.8) is 0 Å². The topological polar surface area (TPSA) is 47.0 Å². The molecule has 0 spiro atoms. The number of hydrogen-bond donors (Lipinski definition) is 1. The van der Waals surface area contributed by atoms with Gasteiger partial charge in [0.15, 0.2) is 0 Å². The minimum atomic E-state index is 0.0166. The van der Waals surface area contributed by atoms with Crippen LogP contribution in [0.25, 0.3) is 10.9 Å². The van der Waals surface area contributed by atoms with E-state index in [1.165, 1.54) is 0 Å². The average Bonchev–Trinajstić information content (AvgIpc) is 2.56. The molecule has 4 nitrogen and oxygen atoms in total. The first kappa shape index (κ1) is 11.0. The summed E-state index contributed by atoms with van der Waals surface area (Å²) in [6.07, 6.45) is 0.195. The van der Waals surface area contributed by atoms with Gasteiger partial charge in [-0.25, -0.2) is 4.68 Å². The van der Waals surface area contributed by atoms with Gasteiger partial charge in [0, 0.05) is 0 Å². The molecule has 0 amide bonds. The van der Waals surface area contributed by atoms with E-state index >= 15 is 0 Å². The van der Waals surface area contributed by atoms with Crippen LogP contribution < -0.4 is 5.56 Å². The van der Waals surface area contributed by atoms with Gasteiger partial charge in [-0.3, -0.25) is 9.89 Å². The molecule has 0 atom stereocenters. The third-order valence-corrected chi connectivity index (χ3v) is 2.42. The van der Waals surface area contributed by atoms with Gasteiger partial charge < -0.3 is 4.74 Å². The lowest BCUT2D eigenvalue weighted by Crippen LogP contribution is -2.20. The van der Waals surface area contributed by atoms with Crippen molar-refractivity contribution in [2.24, 2.45) is 0 Å². The lowest BCUT2D eigenvalue weighted by atomic mass is 10.3. The molecule has 1 heterocycles. The van der Waals surface area contributed by atoms with Gasteiger partial charge in [0.2, 0.25) is 0 Å². The van der Waals surface area contributed by atoms with Crippen LogP contribution in [0.1, 0.15) is 13.8 Å². The Morgan fingerprint density at radius 2 is 2.12 bits per heavy atom. The zero-order valence-electron chi connectivity index (χ0n) is 9.56. The van der Waals surface area contributed by atoms with Crippen LogP contribution in [0.15, 0.2) is 29.1 Å². The van der Waals surface area contributed by atoms with E-state index in [1.807, 2.05) is 38.1 Å². The van der Waals surface area contributed by atoms with E-state index in [-0.39, 0.29) is 11.7 Å². The number of hydrogen-bond acceptors (Lipinski definition) is 2. The molecule has 0 aliphatic carbocycles. The fourth-order valence-corrected chi connectivity index (χ4v) is 1.65. The van der Waals surface area contributed by atoms with Crippen molar-refractivity contribution >= 4 is 10.9 Å². The van der Waals surface area contributed by atoms with Gasteiger partial charge in [-0.15, -0.1) is 0 Å². The van der Waals surface area contributed by atoms with Crippen molar-refractivity contribution in [3.05, 3.63) is 34.6 Å². The molecule has 86 valence electrons. The zero-order chi connectivity index (χ0) is 11.5. The highest BCUT2D eigenvalue weighted by Gasteiger charge is 2.05. The molecule has 0 saturated heterocycles. The summed E-state index contributed by atoms with van der Waals surface area (Å²) >= 11 is 0. The van der Waals surface area contributed by atoms with Gasteiger partial charge in [0.05, 0.1) is 30.2 Å². The molecule has 0 unspecified atom stereocenters. The van der Waals surface area contributed by atoms with Gasteiger partial charge in [0.1, 0.15) is 0 Å². The van der Waals surface area contributed by atoms with Gasteiger partial charge in [-0.2, -0.15) is 0 Å². The average molecular weight is 220 g/mol. The maximum absolute atomic E-state index is 11.9. The van der Waals surface area contributed by atoms with E-state index in [0.29, 0.717) is 13.2 Å². The Morgan fingerprint density at radius 3 is 2.81 bits per heavy atom. The summed E-state index contributed by atoms with van der Waals surface area (Å²) in [5.41, 5.74) is 0.889. The van der Waals surface area contributed by atoms with E-state index in [1.54, 1.807) is 4.68 Å². The van der Waals surface area contributed by atoms with Crippen LogP contribution in [-0.2, 0) is 11.3 Å². The first-order valence-electron chi connectivity index (χ1n) is 5.47. The van der Waals surface area contributed by atoms with E-state index in [9.17, 15) is 4.79 Å². The van der Waals surface area contributed by atoms with Gasteiger partial charge in [-0.1, -0.05) is 12.1 Å². The molecule has 0 fully saturated rings. The molecule has 1 aromatic carbocycles. The summed E-state index contributed by atoms with van der Waals surface area (Å²) < 4.78 is 7.01. The molecule has 0 bridgehead atoms. The Labute approximate surface area is 93.8 Å². The molecule has 1 N–H and O–H groups in total. The summed E-state index contributed by atoms with van der Waals surface area (Å²) in [5.74, 6) is 0. The van der Waals surface area contributed by atoms with Crippen molar-refractivity contribution in [1.82, 2.24) is 9.78 Å². The van der Waals surface area contributed by atoms with Gasteiger partial charge >= 0.3 is 0 Å². The predicted octanol–water partition coefficient (Wildman–Crippen LogP) is 1.75. The molecule has 4 heteroatoms. The fourth-order valence-electron chi connectivity index (χ4n) is 1.65. The number of nitrogens with one attached hydrogen (secondary N) is 1. The monoisotopic (exact) mass is 220 g/mol. The Morgan fingerprint density at radius 1 is 1.38 bits per heavy atom. The molecular formula is C12H16N2O2. The maximum atomic E-state index is 11.9. The van der Waals surface area contributed by atoms with Crippen LogP contribution in [0.4, 0.5) is 0 Å². The highest BCUT2D eigenvalue weighted by molar-refractivity contribution is 5.77. The van der Waals surface area contributed by atoms with Crippen LogP contribution in [0, 0.1) is 0 Å². The molecule has 0 aliphatic rings. The number of benzene rings is 1. The molecule has 2 aromatic rings. The Hall–Kier alpha value is -1.55. The maximum Gasteiger partial charge on any atom is 0.274 e. The first-order chi connectivity index (χ1) is 7.68. The van der Waals surface area contributed by atoms with Crippen LogP contribution in [0.2, 0.25) is 0 Å². The fraction of sp³-hybridized carbons (Fsp3) is 0.417. The number of fused-ring (bicyclic) bond motifs is 1. The number of ether oxygens (including phenoxy) is 1. The quantitative estimate of drug-likeness (QED) is 0.853. The summed E-state index contributed by atoms with van der Waals surface area (Å²) in [7, 11) is 0. The van der Waals surface area contributed by atoms with Crippen molar-refractivity contribution in [2.75, 3.05) is 6.61 Å². The van der Waals surface area contributed by atoms with E-state index in [0.717, 1.165) is 10.9 Å². The van der Waals surface area contributed by atoms with Crippen molar-refractivity contribution < 1.29 is 4.74 Å². The molecule has 0 radical (unpaired) electrons. The molecule has 2 rings (SSSR count). The Balaban J connectivity index is 2.19. The lowest BCUT2D eigenvalue weighted by Gasteiger charge is -2.06. The second-order valence-corrected chi connectivity index (χ2v) is 4.03. The summed E-state index contributed by atoms with van der Waals surface area (Å²) in [6, 6.07) is 7.50. The molecule has 0 aliphatic heterocycles. The number of H-pyrrole nitrogens is 1. The molecule has 16 heavy (non-hydrogen) atoms. The third-order valence-electron chi connectivity index (χ3n) is 2.42. The van der Waals surface area contributed by atoms with Crippen LogP contribution in [0.3, 0.4) is 0 Å². The van der Waals surface area contributed by atoms with Crippen LogP contribution >= 0.6 is 0 Å². The molecular weight excluding hydrogens is 204 g/mol. The van der Waals surface area contributed by atoms with Crippen molar-refractivity contribution in [2.45, 2.75) is 26.5 Å². The second kappa shape index (κ2) is 4.53. The SMILES string of the molecule is CC(C)OCCn1[nH]c2ccccc2c1=O. The zero-order valence-corrected chi connectivity index (χ0v) is 9.56. The highest BCUT2D eigenvalue weighted by Crippen LogP contribution is 2.05. The van der Waals surface area contributed by atoms with Gasteiger partial charge in [-0.05, 0) is 26.0 Å². The van der Waals surface area contributed by atoms with Gasteiger partial charge in [0.25, 0.3) is 5.56 Å². The number of aromatic nitrogens is 2. The summed E-state index contributed by atoms with van der Waals surface area (Å²) in [5, 5.41) is 3.79. The number of aromatic amines is 1. The minimum Gasteiger partial charge on any atom is -0.377 e. The smallest absolute Gasteiger partial charge is 0.274 e. The summed E-state index contributed by atoms with van der Waals surface area (Å²) in [6.45, 7) is 5.07. The third kappa shape index (κ3) is 2.17. The number of para-hydroxylation sites is 1. The first-order valence-corrected chi connectivity index (χ1v) is 5.47. The predicted molar refractivity (Wildman–Crippen MR) is 63.6 cm³/mol. The highest BCUT2D eigenvalue weighted by atomic mass is 16.5.